The highest BCUT2D eigenvalue weighted by molar-refractivity contribution is 4.80. The molecule has 0 aromatic heterocycles. The molecule has 0 radical (unpaired) electrons. The highest BCUT2D eigenvalue weighted by atomic mass is 16.3. The Balaban J connectivity index is 2.35. The Hall–Kier alpha value is -0.120. The summed E-state index contributed by atoms with van der Waals surface area (Å²) < 4.78 is 0. The molecule has 0 aromatic carbocycles. The fraction of sp³-hybridized carbons (Fsp3) is 1.00. The Labute approximate surface area is 80.4 Å². The van der Waals surface area contributed by atoms with Gasteiger partial charge in [0.25, 0.3) is 0 Å². The summed E-state index contributed by atoms with van der Waals surface area (Å²) in [5.41, 5.74) is -0.600. The van der Waals surface area contributed by atoms with E-state index in [0.29, 0.717) is 6.54 Å². The van der Waals surface area contributed by atoms with E-state index in [0.717, 1.165) is 32.4 Å². The van der Waals surface area contributed by atoms with Crippen LogP contribution >= 0.6 is 0 Å². The van der Waals surface area contributed by atoms with Crippen LogP contribution in [0.3, 0.4) is 0 Å². The van der Waals surface area contributed by atoms with E-state index in [2.05, 4.69) is 4.90 Å². The predicted molar refractivity (Wildman–Crippen MR) is 52.6 cm³/mol. The van der Waals surface area contributed by atoms with Crippen molar-refractivity contribution in [2.75, 3.05) is 19.6 Å². The first-order valence-electron chi connectivity index (χ1n) is 5.16. The van der Waals surface area contributed by atoms with Crippen molar-refractivity contribution in [1.29, 1.82) is 0 Å². The number of hydrogen-bond acceptors (Lipinski definition) is 3. The van der Waals surface area contributed by atoms with Crippen LogP contribution in [0.4, 0.5) is 0 Å². The van der Waals surface area contributed by atoms with Gasteiger partial charge in [0.05, 0.1) is 11.7 Å². The topological polar surface area (TPSA) is 43.7 Å². The van der Waals surface area contributed by atoms with Gasteiger partial charge in [-0.2, -0.15) is 0 Å². The van der Waals surface area contributed by atoms with Gasteiger partial charge in [0.2, 0.25) is 0 Å². The Bertz CT molecular complexity index is 159. The largest absolute Gasteiger partial charge is 0.392 e. The number of rotatable bonds is 3. The summed E-state index contributed by atoms with van der Waals surface area (Å²) in [4.78, 5) is 2.15. The van der Waals surface area contributed by atoms with E-state index >= 15 is 0 Å². The number of nitrogens with zero attached hydrogens (tertiary/aromatic N) is 1. The van der Waals surface area contributed by atoms with E-state index in [-0.39, 0.29) is 6.10 Å². The monoisotopic (exact) mass is 187 g/mol. The maximum absolute atomic E-state index is 9.84. The van der Waals surface area contributed by atoms with Crippen molar-refractivity contribution in [2.45, 2.75) is 44.8 Å². The molecule has 0 saturated carbocycles. The summed E-state index contributed by atoms with van der Waals surface area (Å²) in [6, 6.07) is 0. The molecule has 0 aromatic rings. The van der Waals surface area contributed by atoms with E-state index in [1.807, 2.05) is 13.8 Å². The standard InChI is InChI=1S/C10H21NO2/c1-3-10(2,13)8-11-6-4-5-9(12)7-11/h9,12-13H,3-8H2,1-2H3. The van der Waals surface area contributed by atoms with Crippen LogP contribution in [0.25, 0.3) is 0 Å². The fourth-order valence-electron chi connectivity index (χ4n) is 1.77. The Kier molecular flexibility index (Phi) is 3.71. The molecule has 78 valence electrons. The number of aliphatic hydroxyl groups is 2. The number of aliphatic hydroxyl groups excluding tert-OH is 1. The lowest BCUT2D eigenvalue weighted by molar-refractivity contribution is -0.0113. The van der Waals surface area contributed by atoms with Gasteiger partial charge in [-0.25, -0.2) is 0 Å². The van der Waals surface area contributed by atoms with E-state index < -0.39 is 5.60 Å². The molecule has 1 saturated heterocycles. The zero-order valence-electron chi connectivity index (χ0n) is 8.66. The second kappa shape index (κ2) is 4.40. The second-order valence-electron chi connectivity index (χ2n) is 4.38. The lowest BCUT2D eigenvalue weighted by Gasteiger charge is -2.35. The van der Waals surface area contributed by atoms with E-state index in [1.54, 1.807) is 0 Å². The van der Waals surface area contributed by atoms with Crippen LogP contribution in [0, 0.1) is 0 Å². The molecule has 0 amide bonds. The van der Waals surface area contributed by atoms with Crippen LogP contribution in [0.1, 0.15) is 33.1 Å². The van der Waals surface area contributed by atoms with Crippen LogP contribution in [-0.2, 0) is 0 Å². The summed E-state index contributed by atoms with van der Waals surface area (Å²) in [6.07, 6.45) is 2.52. The fourth-order valence-corrected chi connectivity index (χ4v) is 1.77. The van der Waals surface area contributed by atoms with Crippen LogP contribution in [0.2, 0.25) is 0 Å². The predicted octanol–water partition coefficient (Wildman–Crippen LogP) is 0.604. The molecule has 2 atom stereocenters. The van der Waals surface area contributed by atoms with Crippen molar-refractivity contribution in [3.05, 3.63) is 0 Å². The van der Waals surface area contributed by atoms with E-state index in [1.165, 1.54) is 0 Å². The van der Waals surface area contributed by atoms with Crippen molar-refractivity contribution in [3.8, 4) is 0 Å². The first-order valence-corrected chi connectivity index (χ1v) is 5.16. The van der Waals surface area contributed by atoms with Gasteiger partial charge in [0, 0.05) is 13.1 Å². The first-order chi connectivity index (χ1) is 6.03. The average Bonchev–Trinajstić information content (AvgIpc) is 2.03. The zero-order valence-corrected chi connectivity index (χ0v) is 8.66. The van der Waals surface area contributed by atoms with Gasteiger partial charge in [-0.15, -0.1) is 0 Å². The third-order valence-electron chi connectivity index (χ3n) is 2.81. The van der Waals surface area contributed by atoms with Crippen LogP contribution in [0.5, 0.6) is 0 Å². The summed E-state index contributed by atoms with van der Waals surface area (Å²) in [6.45, 7) is 6.25. The molecule has 0 aliphatic carbocycles. The molecule has 0 bridgehead atoms. The van der Waals surface area contributed by atoms with Gasteiger partial charge < -0.3 is 10.2 Å². The van der Waals surface area contributed by atoms with Gasteiger partial charge in [0.15, 0.2) is 0 Å². The minimum absolute atomic E-state index is 0.193. The molecule has 1 aliphatic rings. The van der Waals surface area contributed by atoms with E-state index in [4.69, 9.17) is 0 Å². The van der Waals surface area contributed by atoms with Gasteiger partial charge >= 0.3 is 0 Å². The molecular weight excluding hydrogens is 166 g/mol. The summed E-state index contributed by atoms with van der Waals surface area (Å²) in [5.74, 6) is 0. The van der Waals surface area contributed by atoms with Gasteiger partial charge in [-0.05, 0) is 32.7 Å². The average molecular weight is 187 g/mol. The molecule has 1 aliphatic heterocycles. The zero-order chi connectivity index (χ0) is 9.90. The SMILES string of the molecule is CCC(C)(O)CN1CCCC(O)C1. The van der Waals surface area contributed by atoms with Crippen molar-refractivity contribution in [1.82, 2.24) is 4.90 Å². The molecule has 1 fully saturated rings. The highest BCUT2D eigenvalue weighted by Crippen LogP contribution is 2.15. The van der Waals surface area contributed by atoms with Crippen molar-refractivity contribution in [3.63, 3.8) is 0 Å². The minimum Gasteiger partial charge on any atom is -0.392 e. The Morgan fingerprint density at radius 2 is 2.23 bits per heavy atom. The Morgan fingerprint density at radius 1 is 1.54 bits per heavy atom. The summed E-state index contributed by atoms with van der Waals surface area (Å²) >= 11 is 0. The van der Waals surface area contributed by atoms with Gasteiger partial charge in [0.1, 0.15) is 0 Å². The number of likely N-dealkylation sites (tertiary alicyclic amines) is 1. The lowest BCUT2D eigenvalue weighted by Crippen LogP contribution is -2.46. The first kappa shape index (κ1) is 11.0. The molecule has 3 nitrogen and oxygen atoms in total. The lowest BCUT2D eigenvalue weighted by atomic mass is 10.0. The summed E-state index contributed by atoms with van der Waals surface area (Å²) in [5, 5.41) is 19.3. The molecule has 1 rings (SSSR count). The number of β-amino-alcohol motifs (C(OH)–C–C–N with tert-alkyl or cyclic N) is 2. The minimum atomic E-state index is -0.600. The van der Waals surface area contributed by atoms with Gasteiger partial charge in [-0.1, -0.05) is 6.92 Å². The Morgan fingerprint density at radius 3 is 2.77 bits per heavy atom. The smallest absolute Gasteiger partial charge is 0.0743 e. The van der Waals surface area contributed by atoms with Crippen molar-refractivity contribution < 1.29 is 10.2 Å². The third kappa shape index (κ3) is 3.63. The molecule has 0 spiro atoms. The quantitative estimate of drug-likeness (QED) is 0.680. The van der Waals surface area contributed by atoms with Crippen molar-refractivity contribution in [2.24, 2.45) is 0 Å². The molecule has 2 unspecified atom stereocenters. The highest BCUT2D eigenvalue weighted by Gasteiger charge is 2.25. The number of piperidine rings is 1. The second-order valence-corrected chi connectivity index (χ2v) is 4.38. The van der Waals surface area contributed by atoms with Gasteiger partial charge in [-0.3, -0.25) is 4.90 Å². The third-order valence-corrected chi connectivity index (χ3v) is 2.81. The number of hydrogen-bond donors (Lipinski definition) is 2. The molecule has 1 heterocycles. The molecule has 3 heteroatoms. The molecular formula is C10H21NO2. The van der Waals surface area contributed by atoms with E-state index in [9.17, 15) is 10.2 Å². The van der Waals surface area contributed by atoms with Crippen molar-refractivity contribution >= 4 is 0 Å². The molecule has 13 heavy (non-hydrogen) atoms. The maximum Gasteiger partial charge on any atom is 0.0743 e. The maximum atomic E-state index is 9.84. The normalized spacial score (nSPS) is 30.0. The van der Waals surface area contributed by atoms with Crippen LogP contribution in [-0.4, -0.2) is 46.5 Å². The van der Waals surface area contributed by atoms with Crippen LogP contribution in [0.15, 0.2) is 0 Å². The summed E-state index contributed by atoms with van der Waals surface area (Å²) in [7, 11) is 0. The van der Waals surface area contributed by atoms with Crippen LogP contribution < -0.4 is 0 Å². The molecule has 2 N–H and O–H groups in total.